The van der Waals surface area contributed by atoms with Gasteiger partial charge < -0.3 is 10.1 Å². The summed E-state index contributed by atoms with van der Waals surface area (Å²) in [4.78, 5) is 9.68. The van der Waals surface area contributed by atoms with Crippen LogP contribution in [0.2, 0.25) is 5.02 Å². The molecule has 2 aromatic carbocycles. The Balaban J connectivity index is 1.89. The van der Waals surface area contributed by atoms with Gasteiger partial charge in [-0.2, -0.15) is 5.10 Å². The van der Waals surface area contributed by atoms with Crippen LogP contribution in [0.4, 0.5) is 11.5 Å². The van der Waals surface area contributed by atoms with Crippen LogP contribution in [0.25, 0.3) is 22.4 Å². The van der Waals surface area contributed by atoms with Crippen LogP contribution in [-0.2, 0) is 13.5 Å². The van der Waals surface area contributed by atoms with Crippen LogP contribution in [-0.4, -0.2) is 26.9 Å². The van der Waals surface area contributed by atoms with Crippen molar-refractivity contribution >= 4 is 34.1 Å². The molecule has 0 unspecified atom stereocenters. The van der Waals surface area contributed by atoms with Crippen LogP contribution in [0.1, 0.15) is 19.0 Å². The number of ether oxygens (including phenoxy) is 1. The third kappa shape index (κ3) is 3.76. The number of nitrogens with zero attached hydrogens (tertiary/aromatic N) is 4. The van der Waals surface area contributed by atoms with Crippen molar-refractivity contribution in [2.45, 2.75) is 19.8 Å². The van der Waals surface area contributed by atoms with Crippen molar-refractivity contribution in [3.8, 4) is 17.1 Å². The number of nitrogens with one attached hydrogen (secondary N) is 1. The Morgan fingerprint density at radius 1 is 1.10 bits per heavy atom. The first-order valence-electron chi connectivity index (χ1n) is 9.50. The van der Waals surface area contributed by atoms with Crippen molar-refractivity contribution in [3.05, 3.63) is 59.2 Å². The molecule has 7 heteroatoms. The summed E-state index contributed by atoms with van der Waals surface area (Å²) in [6.45, 7) is 2.14. The van der Waals surface area contributed by atoms with Crippen molar-refractivity contribution in [2.75, 3.05) is 12.4 Å². The van der Waals surface area contributed by atoms with Crippen LogP contribution in [0.5, 0.6) is 5.75 Å². The molecule has 0 spiro atoms. The number of aryl methyl sites for hydroxylation is 2. The molecule has 0 bridgehead atoms. The van der Waals surface area contributed by atoms with Crippen molar-refractivity contribution < 1.29 is 4.74 Å². The maximum Gasteiger partial charge on any atom is 0.162 e. The maximum absolute atomic E-state index is 6.17. The largest absolute Gasteiger partial charge is 0.495 e. The normalized spacial score (nSPS) is 11.0. The predicted molar refractivity (Wildman–Crippen MR) is 117 cm³/mol. The van der Waals surface area contributed by atoms with Gasteiger partial charge in [-0.05, 0) is 18.6 Å². The minimum Gasteiger partial charge on any atom is -0.495 e. The van der Waals surface area contributed by atoms with E-state index < -0.39 is 0 Å². The van der Waals surface area contributed by atoms with E-state index in [1.807, 2.05) is 54.2 Å². The summed E-state index contributed by atoms with van der Waals surface area (Å²) in [5.74, 6) is 1.95. The standard InChI is InChI=1S/C22H22ClN5O/c1-4-8-17-19-20(28(2)27-17)22(24-15-11-12-16(23)18(13-15)29-3)26-21(25-19)14-9-6-5-7-10-14/h5-7,9-13H,4,8H2,1-3H3,(H,24,25,26). The van der Waals surface area contributed by atoms with Crippen LogP contribution >= 0.6 is 11.6 Å². The van der Waals surface area contributed by atoms with Crippen LogP contribution < -0.4 is 10.1 Å². The van der Waals surface area contributed by atoms with E-state index in [4.69, 9.17) is 31.4 Å². The molecular formula is C22H22ClN5O. The zero-order valence-electron chi connectivity index (χ0n) is 16.6. The third-order valence-corrected chi connectivity index (χ3v) is 5.00. The van der Waals surface area contributed by atoms with Gasteiger partial charge >= 0.3 is 0 Å². The van der Waals surface area contributed by atoms with E-state index in [-0.39, 0.29) is 0 Å². The van der Waals surface area contributed by atoms with Crippen molar-refractivity contribution in [1.82, 2.24) is 19.7 Å². The molecule has 148 valence electrons. The van der Waals surface area contributed by atoms with Gasteiger partial charge in [0.2, 0.25) is 0 Å². The summed E-state index contributed by atoms with van der Waals surface area (Å²) in [5.41, 5.74) is 4.48. The second kappa shape index (κ2) is 8.09. The number of rotatable bonds is 6. The zero-order valence-corrected chi connectivity index (χ0v) is 17.4. The number of anilines is 2. The average Bonchev–Trinajstić information content (AvgIpc) is 3.06. The molecule has 0 radical (unpaired) electrons. The Kier molecular flexibility index (Phi) is 5.36. The highest BCUT2D eigenvalue weighted by Gasteiger charge is 2.18. The molecule has 0 aliphatic heterocycles. The summed E-state index contributed by atoms with van der Waals surface area (Å²) < 4.78 is 7.18. The first kappa shape index (κ1) is 19.2. The number of hydrogen-bond acceptors (Lipinski definition) is 5. The Bertz CT molecular complexity index is 1160. The molecule has 0 atom stereocenters. The molecule has 4 rings (SSSR count). The second-order valence-electron chi connectivity index (χ2n) is 6.75. The van der Waals surface area contributed by atoms with Gasteiger partial charge in [0.15, 0.2) is 11.6 Å². The molecule has 0 aliphatic carbocycles. The van der Waals surface area contributed by atoms with E-state index >= 15 is 0 Å². The van der Waals surface area contributed by atoms with Gasteiger partial charge in [0, 0.05) is 24.4 Å². The third-order valence-electron chi connectivity index (χ3n) is 4.68. The molecule has 0 fully saturated rings. The highest BCUT2D eigenvalue weighted by molar-refractivity contribution is 6.32. The van der Waals surface area contributed by atoms with E-state index in [1.54, 1.807) is 13.2 Å². The minimum atomic E-state index is 0.557. The lowest BCUT2D eigenvalue weighted by atomic mass is 10.2. The summed E-state index contributed by atoms with van der Waals surface area (Å²) >= 11 is 6.17. The van der Waals surface area contributed by atoms with Gasteiger partial charge in [-0.1, -0.05) is 55.3 Å². The van der Waals surface area contributed by atoms with Crippen molar-refractivity contribution in [2.24, 2.45) is 7.05 Å². The van der Waals surface area contributed by atoms with Gasteiger partial charge in [-0.3, -0.25) is 4.68 Å². The molecular weight excluding hydrogens is 386 g/mol. The zero-order chi connectivity index (χ0) is 20.4. The molecule has 0 saturated heterocycles. The minimum absolute atomic E-state index is 0.557. The monoisotopic (exact) mass is 407 g/mol. The molecule has 0 amide bonds. The maximum atomic E-state index is 6.17. The first-order valence-corrected chi connectivity index (χ1v) is 9.88. The van der Waals surface area contributed by atoms with Gasteiger partial charge in [0.25, 0.3) is 0 Å². The van der Waals surface area contributed by atoms with E-state index in [0.29, 0.717) is 22.4 Å². The smallest absolute Gasteiger partial charge is 0.162 e. The Morgan fingerprint density at radius 2 is 1.90 bits per heavy atom. The number of fused-ring (bicyclic) bond motifs is 1. The lowest BCUT2D eigenvalue weighted by Gasteiger charge is -2.12. The fraction of sp³-hybridized carbons (Fsp3) is 0.227. The fourth-order valence-corrected chi connectivity index (χ4v) is 3.52. The molecule has 0 aliphatic rings. The van der Waals surface area contributed by atoms with Gasteiger partial charge in [0.05, 0.1) is 17.8 Å². The second-order valence-corrected chi connectivity index (χ2v) is 7.16. The van der Waals surface area contributed by atoms with E-state index in [1.165, 1.54) is 0 Å². The van der Waals surface area contributed by atoms with Gasteiger partial charge in [-0.25, -0.2) is 9.97 Å². The lowest BCUT2D eigenvalue weighted by Crippen LogP contribution is -2.02. The Labute approximate surface area is 174 Å². The van der Waals surface area contributed by atoms with E-state index in [9.17, 15) is 0 Å². The molecule has 0 saturated carbocycles. The molecule has 4 aromatic rings. The van der Waals surface area contributed by atoms with Crippen molar-refractivity contribution in [1.29, 1.82) is 0 Å². The molecule has 6 nitrogen and oxygen atoms in total. The molecule has 1 N–H and O–H groups in total. The van der Waals surface area contributed by atoms with Crippen LogP contribution in [0, 0.1) is 0 Å². The first-order chi connectivity index (χ1) is 14.1. The molecule has 2 heterocycles. The quantitative estimate of drug-likeness (QED) is 0.464. The highest BCUT2D eigenvalue weighted by Crippen LogP contribution is 2.32. The Morgan fingerprint density at radius 3 is 2.62 bits per heavy atom. The predicted octanol–water partition coefficient (Wildman–Crippen LogP) is 5.39. The SMILES string of the molecule is CCCc1nn(C)c2c(Nc3ccc(Cl)c(OC)c3)nc(-c3ccccc3)nc12. The summed E-state index contributed by atoms with van der Waals surface area (Å²) in [5, 5.41) is 8.65. The molecule has 2 aromatic heterocycles. The van der Waals surface area contributed by atoms with Crippen LogP contribution in [0.15, 0.2) is 48.5 Å². The Hall–Kier alpha value is -3.12. The molecule has 29 heavy (non-hydrogen) atoms. The summed E-state index contributed by atoms with van der Waals surface area (Å²) in [6, 6.07) is 15.5. The fourth-order valence-electron chi connectivity index (χ4n) is 3.32. The van der Waals surface area contributed by atoms with Gasteiger partial charge in [-0.15, -0.1) is 0 Å². The lowest BCUT2D eigenvalue weighted by molar-refractivity contribution is 0.415. The van der Waals surface area contributed by atoms with Crippen molar-refractivity contribution in [3.63, 3.8) is 0 Å². The number of halogens is 1. The van der Waals surface area contributed by atoms with Gasteiger partial charge in [0.1, 0.15) is 16.8 Å². The number of hydrogen-bond donors (Lipinski definition) is 1. The number of methoxy groups -OCH3 is 1. The topological polar surface area (TPSA) is 64.9 Å². The van der Waals surface area contributed by atoms with Crippen LogP contribution in [0.3, 0.4) is 0 Å². The number of benzene rings is 2. The van der Waals surface area contributed by atoms with E-state index in [2.05, 4.69) is 12.2 Å². The highest BCUT2D eigenvalue weighted by atomic mass is 35.5. The summed E-state index contributed by atoms with van der Waals surface area (Å²) in [6.07, 6.45) is 1.85. The summed E-state index contributed by atoms with van der Waals surface area (Å²) in [7, 11) is 3.51. The average molecular weight is 408 g/mol. The van der Waals surface area contributed by atoms with E-state index in [0.717, 1.165) is 40.8 Å². The number of aromatic nitrogens is 4.